The zero-order valence-electron chi connectivity index (χ0n) is 14.3. The third-order valence-corrected chi connectivity index (χ3v) is 6.23. The monoisotopic (exact) mass is 350 g/mol. The van der Waals surface area contributed by atoms with Crippen molar-refractivity contribution >= 4 is 11.8 Å². The van der Waals surface area contributed by atoms with Crippen LogP contribution in [0.5, 0.6) is 17.2 Å². The lowest BCUT2D eigenvalue weighted by Gasteiger charge is -2.40. The molecule has 0 aromatic heterocycles. The molecule has 0 amide bonds. The minimum absolute atomic E-state index is 0.307. The number of piperidine rings is 1. The first-order valence-corrected chi connectivity index (χ1v) is 9.99. The van der Waals surface area contributed by atoms with E-state index >= 15 is 0 Å². The molecule has 2 saturated heterocycles. The van der Waals surface area contributed by atoms with Gasteiger partial charge < -0.3 is 14.2 Å². The summed E-state index contributed by atoms with van der Waals surface area (Å²) in [5.41, 5.74) is 1.19. The molecule has 132 valence electrons. The number of ether oxygens (including phenoxy) is 3. The molecular weight excluding hydrogens is 324 g/mol. The maximum Gasteiger partial charge on any atom is 0.231 e. The second-order valence-electron chi connectivity index (χ2n) is 6.67. The number of methoxy groups -OCH3 is 1. The van der Waals surface area contributed by atoms with Gasteiger partial charge in [0, 0.05) is 48.8 Å². The number of likely N-dealkylation sites (tertiary alicyclic amines) is 1. The Bertz CT molecular complexity index is 570. The van der Waals surface area contributed by atoms with Crippen LogP contribution in [0.25, 0.3) is 0 Å². The molecule has 1 aromatic carbocycles. The van der Waals surface area contributed by atoms with Crippen LogP contribution in [0.3, 0.4) is 0 Å². The molecule has 0 atom stereocenters. The number of thioether (sulfide) groups is 1. The Morgan fingerprint density at radius 1 is 1.08 bits per heavy atom. The Morgan fingerprint density at radius 2 is 1.79 bits per heavy atom. The van der Waals surface area contributed by atoms with Crippen molar-refractivity contribution in [3.8, 4) is 17.2 Å². The van der Waals surface area contributed by atoms with E-state index in [4.69, 9.17) is 14.2 Å². The molecule has 24 heavy (non-hydrogen) atoms. The number of benzene rings is 1. The van der Waals surface area contributed by atoms with Crippen LogP contribution in [0.4, 0.5) is 0 Å². The molecule has 3 heterocycles. The molecule has 0 spiro atoms. The van der Waals surface area contributed by atoms with Crippen molar-refractivity contribution in [3.63, 3.8) is 0 Å². The molecule has 1 aromatic rings. The predicted molar refractivity (Wildman–Crippen MR) is 96.3 cm³/mol. The summed E-state index contributed by atoms with van der Waals surface area (Å²) >= 11 is 2.09. The molecule has 0 radical (unpaired) electrons. The lowest BCUT2D eigenvalue weighted by Crippen LogP contribution is -2.47. The van der Waals surface area contributed by atoms with Gasteiger partial charge in [-0.15, -0.1) is 0 Å². The standard InChI is InChI=1S/C18H26N2O3S/c1-21-16-11-18-17(22-13-23-18)10-14(16)12-19-4-2-15(3-5-19)20-6-8-24-9-7-20/h10-11,15H,2-9,12-13H2,1H3. The Kier molecular flexibility index (Phi) is 5.06. The van der Waals surface area contributed by atoms with Gasteiger partial charge >= 0.3 is 0 Å². The smallest absolute Gasteiger partial charge is 0.231 e. The highest BCUT2D eigenvalue weighted by Crippen LogP contribution is 2.38. The van der Waals surface area contributed by atoms with Crippen LogP contribution in [0, 0.1) is 0 Å². The van der Waals surface area contributed by atoms with Gasteiger partial charge in [0.1, 0.15) is 5.75 Å². The van der Waals surface area contributed by atoms with Crippen LogP contribution in [-0.2, 0) is 6.54 Å². The van der Waals surface area contributed by atoms with Gasteiger partial charge in [0.05, 0.1) is 7.11 Å². The average Bonchev–Trinajstić information content (AvgIpc) is 3.09. The second kappa shape index (κ2) is 7.42. The molecule has 0 N–H and O–H groups in total. The van der Waals surface area contributed by atoms with Gasteiger partial charge in [-0.25, -0.2) is 0 Å². The molecule has 2 fully saturated rings. The largest absolute Gasteiger partial charge is 0.496 e. The second-order valence-corrected chi connectivity index (χ2v) is 7.90. The molecule has 6 heteroatoms. The Balaban J connectivity index is 1.37. The van der Waals surface area contributed by atoms with Gasteiger partial charge in [-0.2, -0.15) is 11.8 Å². The van der Waals surface area contributed by atoms with Crippen LogP contribution in [-0.4, -0.2) is 67.4 Å². The molecular formula is C18H26N2O3S. The van der Waals surface area contributed by atoms with E-state index in [1.807, 2.05) is 6.07 Å². The molecule has 0 saturated carbocycles. The summed E-state index contributed by atoms with van der Waals surface area (Å²) in [5, 5.41) is 0. The normalized spacial score (nSPS) is 22.7. The van der Waals surface area contributed by atoms with E-state index in [-0.39, 0.29) is 0 Å². The SMILES string of the molecule is COc1cc2c(cc1CN1CCC(N3CCSCC3)CC1)OCO2. The number of hydrogen-bond donors (Lipinski definition) is 0. The fraction of sp³-hybridized carbons (Fsp3) is 0.667. The third kappa shape index (κ3) is 3.46. The molecule has 4 rings (SSSR count). The predicted octanol–water partition coefficient (Wildman–Crippen LogP) is 2.44. The molecule has 0 bridgehead atoms. The summed E-state index contributed by atoms with van der Waals surface area (Å²) in [4.78, 5) is 5.24. The van der Waals surface area contributed by atoms with E-state index in [1.165, 1.54) is 43.0 Å². The highest BCUT2D eigenvalue weighted by molar-refractivity contribution is 7.99. The first kappa shape index (κ1) is 16.4. The van der Waals surface area contributed by atoms with Crippen LogP contribution >= 0.6 is 11.8 Å². The van der Waals surface area contributed by atoms with Gasteiger partial charge in [0.25, 0.3) is 0 Å². The lowest BCUT2D eigenvalue weighted by atomic mass is 10.0. The van der Waals surface area contributed by atoms with Crippen molar-refractivity contribution in [3.05, 3.63) is 17.7 Å². The van der Waals surface area contributed by atoms with Crippen LogP contribution in [0.2, 0.25) is 0 Å². The van der Waals surface area contributed by atoms with E-state index in [9.17, 15) is 0 Å². The Morgan fingerprint density at radius 3 is 2.50 bits per heavy atom. The average molecular weight is 350 g/mol. The molecule has 0 unspecified atom stereocenters. The zero-order chi connectivity index (χ0) is 16.4. The Hall–Kier alpha value is -1.11. The Labute approximate surface area is 148 Å². The highest BCUT2D eigenvalue weighted by atomic mass is 32.2. The summed E-state index contributed by atoms with van der Waals surface area (Å²) in [6.07, 6.45) is 2.55. The molecule has 0 aliphatic carbocycles. The van der Waals surface area contributed by atoms with Crippen LogP contribution in [0.15, 0.2) is 12.1 Å². The molecule has 3 aliphatic rings. The maximum absolute atomic E-state index is 5.56. The summed E-state index contributed by atoms with van der Waals surface area (Å²) in [6.45, 7) is 6.08. The summed E-state index contributed by atoms with van der Waals surface area (Å²) in [5.74, 6) is 5.13. The minimum atomic E-state index is 0.307. The number of hydrogen-bond acceptors (Lipinski definition) is 6. The van der Waals surface area contributed by atoms with Crippen LogP contribution < -0.4 is 14.2 Å². The van der Waals surface area contributed by atoms with E-state index in [0.717, 1.165) is 42.9 Å². The quantitative estimate of drug-likeness (QED) is 0.830. The first-order chi connectivity index (χ1) is 11.8. The van der Waals surface area contributed by atoms with Gasteiger partial charge in [-0.3, -0.25) is 9.80 Å². The maximum atomic E-state index is 5.56. The fourth-order valence-corrected chi connectivity index (χ4v) is 4.84. The topological polar surface area (TPSA) is 34.2 Å². The van der Waals surface area contributed by atoms with Gasteiger partial charge in [0.15, 0.2) is 11.5 Å². The highest BCUT2D eigenvalue weighted by Gasteiger charge is 2.26. The van der Waals surface area contributed by atoms with Crippen molar-refractivity contribution in [2.24, 2.45) is 0 Å². The van der Waals surface area contributed by atoms with Gasteiger partial charge in [-0.1, -0.05) is 0 Å². The fourth-order valence-electron chi connectivity index (χ4n) is 3.91. The van der Waals surface area contributed by atoms with Gasteiger partial charge in [-0.05, 0) is 32.0 Å². The first-order valence-electron chi connectivity index (χ1n) is 8.84. The van der Waals surface area contributed by atoms with Crippen molar-refractivity contribution in [1.29, 1.82) is 0 Å². The van der Waals surface area contributed by atoms with Crippen molar-refractivity contribution < 1.29 is 14.2 Å². The van der Waals surface area contributed by atoms with Crippen molar-refractivity contribution in [1.82, 2.24) is 9.80 Å². The molecule has 3 aliphatic heterocycles. The number of rotatable bonds is 4. The number of fused-ring (bicyclic) bond motifs is 1. The number of nitrogens with zero attached hydrogens (tertiary/aromatic N) is 2. The zero-order valence-corrected chi connectivity index (χ0v) is 15.1. The van der Waals surface area contributed by atoms with E-state index < -0.39 is 0 Å². The summed E-state index contributed by atoms with van der Waals surface area (Å²) < 4.78 is 16.5. The summed E-state index contributed by atoms with van der Waals surface area (Å²) in [6, 6.07) is 4.81. The van der Waals surface area contributed by atoms with E-state index in [0.29, 0.717) is 6.79 Å². The van der Waals surface area contributed by atoms with Crippen molar-refractivity contribution in [2.75, 3.05) is 51.6 Å². The summed E-state index contributed by atoms with van der Waals surface area (Å²) in [7, 11) is 1.72. The third-order valence-electron chi connectivity index (χ3n) is 5.29. The van der Waals surface area contributed by atoms with E-state index in [2.05, 4.69) is 27.6 Å². The van der Waals surface area contributed by atoms with Crippen molar-refractivity contribution in [2.45, 2.75) is 25.4 Å². The lowest BCUT2D eigenvalue weighted by molar-refractivity contribution is 0.112. The van der Waals surface area contributed by atoms with Gasteiger partial charge in [0.2, 0.25) is 6.79 Å². The van der Waals surface area contributed by atoms with E-state index in [1.54, 1.807) is 7.11 Å². The minimum Gasteiger partial charge on any atom is -0.496 e. The molecule has 5 nitrogen and oxygen atoms in total. The van der Waals surface area contributed by atoms with Crippen LogP contribution in [0.1, 0.15) is 18.4 Å².